The van der Waals surface area contributed by atoms with Crippen molar-refractivity contribution < 1.29 is 14.4 Å². The van der Waals surface area contributed by atoms with Gasteiger partial charge in [0.05, 0.1) is 18.0 Å². The molecule has 1 atom stereocenters. The lowest BCUT2D eigenvalue weighted by molar-refractivity contribution is -0.134. The molecular weight excluding hydrogens is 388 g/mol. The van der Waals surface area contributed by atoms with Crippen molar-refractivity contribution in [2.45, 2.75) is 33.1 Å². The number of aromatic nitrogens is 1. The molecule has 2 N–H and O–H groups in total. The molecule has 0 aliphatic carbocycles. The smallest absolute Gasteiger partial charge is 0.229 e. The minimum Gasteiger partial charge on any atom is -0.342 e. The second kappa shape index (κ2) is 9.65. The van der Waals surface area contributed by atoms with E-state index in [0.29, 0.717) is 23.9 Å². The average molecular weight is 415 g/mol. The number of para-hydroxylation sites is 1. The van der Waals surface area contributed by atoms with Crippen LogP contribution in [0.5, 0.6) is 0 Å². The van der Waals surface area contributed by atoms with Crippen LogP contribution in [0.15, 0.2) is 35.7 Å². The Morgan fingerprint density at radius 3 is 2.69 bits per heavy atom. The molecule has 29 heavy (non-hydrogen) atoms. The summed E-state index contributed by atoms with van der Waals surface area (Å²) in [5.74, 6) is -0.545. The van der Waals surface area contributed by atoms with Crippen LogP contribution in [-0.2, 0) is 20.8 Å². The molecule has 1 aromatic heterocycles. The van der Waals surface area contributed by atoms with Gasteiger partial charge in [-0.25, -0.2) is 4.98 Å². The number of carbonyl (C=O) groups is 3. The Labute approximate surface area is 174 Å². The van der Waals surface area contributed by atoms with E-state index in [9.17, 15) is 14.4 Å². The summed E-state index contributed by atoms with van der Waals surface area (Å²) in [6.07, 6.45) is 1.73. The van der Waals surface area contributed by atoms with E-state index in [1.165, 1.54) is 11.3 Å². The van der Waals surface area contributed by atoms with Gasteiger partial charge in [0.1, 0.15) is 0 Å². The van der Waals surface area contributed by atoms with Crippen LogP contribution in [0.25, 0.3) is 0 Å². The van der Waals surface area contributed by atoms with Crippen molar-refractivity contribution in [3.8, 4) is 0 Å². The Morgan fingerprint density at radius 1 is 1.21 bits per heavy atom. The molecular formula is C21H26N4O3S. The SMILES string of the molecule is CC(C)C(=O)Nc1nc(CC(=O)N2CCCC(C(=O)Nc3ccccc3)C2)cs1. The third-order valence-electron chi connectivity index (χ3n) is 4.82. The van der Waals surface area contributed by atoms with E-state index in [-0.39, 0.29) is 36.0 Å². The third-order valence-corrected chi connectivity index (χ3v) is 5.63. The van der Waals surface area contributed by atoms with Crippen molar-refractivity contribution in [1.29, 1.82) is 0 Å². The minimum absolute atomic E-state index is 0.0470. The number of piperidine rings is 1. The van der Waals surface area contributed by atoms with Crippen molar-refractivity contribution in [2.75, 3.05) is 23.7 Å². The number of nitrogens with one attached hydrogen (secondary N) is 2. The summed E-state index contributed by atoms with van der Waals surface area (Å²) in [5, 5.41) is 7.97. The zero-order valence-electron chi connectivity index (χ0n) is 16.7. The van der Waals surface area contributed by atoms with Gasteiger partial charge in [0.2, 0.25) is 17.7 Å². The molecule has 1 fully saturated rings. The van der Waals surface area contributed by atoms with E-state index in [0.717, 1.165) is 18.5 Å². The van der Waals surface area contributed by atoms with Crippen LogP contribution >= 0.6 is 11.3 Å². The molecule has 8 heteroatoms. The fourth-order valence-electron chi connectivity index (χ4n) is 3.15. The van der Waals surface area contributed by atoms with Crippen molar-refractivity contribution >= 4 is 39.9 Å². The molecule has 1 aliphatic rings. The largest absolute Gasteiger partial charge is 0.342 e. The van der Waals surface area contributed by atoms with E-state index in [2.05, 4.69) is 15.6 Å². The lowest BCUT2D eigenvalue weighted by atomic mass is 9.96. The standard InChI is InChI=1S/C21H26N4O3S/c1-14(2)19(27)24-21-23-17(13-29-21)11-18(26)25-10-6-7-15(12-25)20(28)22-16-8-4-3-5-9-16/h3-5,8-9,13-15H,6-7,10-12H2,1-2H3,(H,22,28)(H,23,24,27). The summed E-state index contributed by atoms with van der Waals surface area (Å²) >= 11 is 1.31. The summed E-state index contributed by atoms with van der Waals surface area (Å²) in [6.45, 7) is 4.69. The molecule has 7 nitrogen and oxygen atoms in total. The fourth-order valence-corrected chi connectivity index (χ4v) is 3.86. The van der Waals surface area contributed by atoms with Gasteiger partial charge in [-0.3, -0.25) is 14.4 Å². The highest BCUT2D eigenvalue weighted by Crippen LogP contribution is 2.21. The fraction of sp³-hybridized carbons (Fsp3) is 0.429. The molecule has 3 amide bonds. The van der Waals surface area contributed by atoms with Gasteiger partial charge in [0.15, 0.2) is 5.13 Å². The summed E-state index contributed by atoms with van der Waals surface area (Å²) in [5.41, 5.74) is 1.40. The molecule has 1 aromatic carbocycles. The van der Waals surface area contributed by atoms with E-state index >= 15 is 0 Å². The Bertz CT molecular complexity index is 866. The Hall–Kier alpha value is -2.74. The number of hydrogen-bond acceptors (Lipinski definition) is 5. The zero-order valence-corrected chi connectivity index (χ0v) is 17.5. The number of hydrogen-bond donors (Lipinski definition) is 2. The number of carbonyl (C=O) groups excluding carboxylic acids is 3. The molecule has 2 aromatic rings. The van der Waals surface area contributed by atoms with Crippen LogP contribution in [0.4, 0.5) is 10.8 Å². The summed E-state index contributed by atoms with van der Waals surface area (Å²) in [4.78, 5) is 43.1. The topological polar surface area (TPSA) is 91.4 Å². The van der Waals surface area contributed by atoms with Crippen molar-refractivity contribution in [3.05, 3.63) is 41.4 Å². The van der Waals surface area contributed by atoms with Gasteiger partial charge in [-0.1, -0.05) is 32.0 Å². The predicted octanol–water partition coefficient (Wildman–Crippen LogP) is 3.16. The van der Waals surface area contributed by atoms with Crippen LogP contribution in [0, 0.1) is 11.8 Å². The van der Waals surface area contributed by atoms with Gasteiger partial charge in [-0.2, -0.15) is 0 Å². The van der Waals surface area contributed by atoms with Gasteiger partial charge in [0.25, 0.3) is 0 Å². The number of likely N-dealkylation sites (tertiary alicyclic amines) is 1. The van der Waals surface area contributed by atoms with Crippen molar-refractivity contribution in [2.24, 2.45) is 11.8 Å². The lowest BCUT2D eigenvalue weighted by Gasteiger charge is -2.32. The van der Waals surface area contributed by atoms with Gasteiger partial charge < -0.3 is 15.5 Å². The molecule has 3 rings (SSSR count). The number of anilines is 2. The van der Waals surface area contributed by atoms with Crippen LogP contribution in [-0.4, -0.2) is 40.7 Å². The van der Waals surface area contributed by atoms with Gasteiger partial charge in [-0.15, -0.1) is 11.3 Å². The quantitative estimate of drug-likeness (QED) is 0.760. The number of thiazole rings is 1. The molecule has 0 bridgehead atoms. The Morgan fingerprint density at radius 2 is 1.97 bits per heavy atom. The molecule has 154 valence electrons. The highest BCUT2D eigenvalue weighted by molar-refractivity contribution is 7.13. The average Bonchev–Trinajstić information content (AvgIpc) is 3.15. The first-order valence-electron chi connectivity index (χ1n) is 9.81. The zero-order chi connectivity index (χ0) is 20.8. The summed E-state index contributed by atoms with van der Waals surface area (Å²) in [6, 6.07) is 9.34. The van der Waals surface area contributed by atoms with E-state index in [1.807, 2.05) is 44.2 Å². The monoisotopic (exact) mass is 414 g/mol. The third kappa shape index (κ3) is 5.87. The molecule has 1 unspecified atom stereocenters. The van der Waals surface area contributed by atoms with Crippen molar-refractivity contribution in [3.63, 3.8) is 0 Å². The lowest BCUT2D eigenvalue weighted by Crippen LogP contribution is -2.44. The van der Waals surface area contributed by atoms with Crippen LogP contribution in [0.2, 0.25) is 0 Å². The minimum atomic E-state index is -0.218. The summed E-state index contributed by atoms with van der Waals surface area (Å²) < 4.78 is 0. The Balaban J connectivity index is 1.54. The number of benzene rings is 1. The molecule has 0 saturated carbocycles. The first-order chi connectivity index (χ1) is 13.9. The van der Waals surface area contributed by atoms with E-state index in [4.69, 9.17) is 0 Å². The molecule has 2 heterocycles. The maximum atomic E-state index is 12.7. The molecule has 0 radical (unpaired) electrons. The predicted molar refractivity (Wildman–Crippen MR) is 114 cm³/mol. The van der Waals surface area contributed by atoms with Gasteiger partial charge >= 0.3 is 0 Å². The maximum absolute atomic E-state index is 12.7. The first kappa shape index (κ1) is 21.0. The molecule has 0 spiro atoms. The normalized spacial score (nSPS) is 16.5. The van der Waals surface area contributed by atoms with Gasteiger partial charge in [0, 0.05) is 30.1 Å². The number of nitrogens with zero attached hydrogens (tertiary/aromatic N) is 2. The number of amides is 3. The van der Waals surface area contributed by atoms with Crippen LogP contribution in [0.3, 0.4) is 0 Å². The highest BCUT2D eigenvalue weighted by atomic mass is 32.1. The summed E-state index contributed by atoms with van der Waals surface area (Å²) in [7, 11) is 0. The van der Waals surface area contributed by atoms with Crippen molar-refractivity contribution in [1.82, 2.24) is 9.88 Å². The van der Waals surface area contributed by atoms with Gasteiger partial charge in [-0.05, 0) is 25.0 Å². The number of rotatable bonds is 6. The Kier molecular flexibility index (Phi) is 6.98. The van der Waals surface area contributed by atoms with Crippen LogP contribution in [0.1, 0.15) is 32.4 Å². The second-order valence-electron chi connectivity index (χ2n) is 7.50. The first-order valence-corrected chi connectivity index (χ1v) is 10.7. The van der Waals surface area contributed by atoms with Crippen LogP contribution < -0.4 is 10.6 Å². The highest BCUT2D eigenvalue weighted by Gasteiger charge is 2.28. The second-order valence-corrected chi connectivity index (χ2v) is 8.36. The van der Waals surface area contributed by atoms with E-state index in [1.54, 1.807) is 10.3 Å². The molecule has 1 aliphatic heterocycles. The van der Waals surface area contributed by atoms with E-state index < -0.39 is 0 Å². The maximum Gasteiger partial charge on any atom is 0.229 e. The molecule has 1 saturated heterocycles.